The minimum Gasteiger partial charge on any atom is -0.423 e. The van der Waals surface area contributed by atoms with Crippen LogP contribution in [0.3, 0.4) is 0 Å². The summed E-state index contributed by atoms with van der Waals surface area (Å²) >= 11 is 0. The van der Waals surface area contributed by atoms with Crippen LogP contribution >= 0.6 is 0 Å². The van der Waals surface area contributed by atoms with Crippen LogP contribution < -0.4 is 5.63 Å². The molecule has 1 saturated carbocycles. The van der Waals surface area contributed by atoms with Crippen LogP contribution in [0.15, 0.2) is 33.5 Å². The van der Waals surface area contributed by atoms with Crippen molar-refractivity contribution in [3.8, 4) is 0 Å². The molecule has 0 radical (unpaired) electrons. The Balaban J connectivity index is 1.62. The maximum Gasteiger partial charge on any atom is 0.336 e. The van der Waals surface area contributed by atoms with E-state index in [0.717, 1.165) is 42.2 Å². The number of hydrogen-bond donors (Lipinski definition) is 0. The highest BCUT2D eigenvalue weighted by molar-refractivity contribution is 7.92. The standard InChI is InChI=1S/C23H30O5S/c1-15-11-22(25)28-21-13-17(7-10-19(15)21)12-20(24)18-8-5-16(6-9-18)14-29(26,27)23(2,3)4/h7,10-11,13,16,18H,5-6,8-9,12,14H2,1-4H3. The third-order valence-electron chi connectivity index (χ3n) is 6.08. The van der Waals surface area contributed by atoms with Gasteiger partial charge < -0.3 is 4.42 Å². The van der Waals surface area contributed by atoms with E-state index < -0.39 is 14.6 Å². The predicted molar refractivity (Wildman–Crippen MR) is 115 cm³/mol. The van der Waals surface area contributed by atoms with Gasteiger partial charge in [0, 0.05) is 23.8 Å². The van der Waals surface area contributed by atoms with Gasteiger partial charge in [0.2, 0.25) is 0 Å². The molecule has 1 aliphatic rings. The van der Waals surface area contributed by atoms with E-state index in [2.05, 4.69) is 0 Å². The number of benzene rings is 1. The largest absolute Gasteiger partial charge is 0.423 e. The molecule has 29 heavy (non-hydrogen) atoms. The van der Waals surface area contributed by atoms with Gasteiger partial charge in [-0.25, -0.2) is 13.2 Å². The van der Waals surface area contributed by atoms with E-state index in [-0.39, 0.29) is 29.0 Å². The highest BCUT2D eigenvalue weighted by atomic mass is 32.2. The van der Waals surface area contributed by atoms with Gasteiger partial charge in [-0.05, 0) is 76.5 Å². The number of hydrogen-bond acceptors (Lipinski definition) is 5. The lowest BCUT2D eigenvalue weighted by Crippen LogP contribution is -2.35. The summed E-state index contributed by atoms with van der Waals surface area (Å²) in [6.07, 6.45) is 3.34. The second-order valence-electron chi connectivity index (χ2n) is 9.33. The Bertz CT molecular complexity index is 1060. The summed E-state index contributed by atoms with van der Waals surface area (Å²) in [5, 5.41) is 0.876. The second kappa shape index (κ2) is 8.05. The van der Waals surface area contributed by atoms with Crippen molar-refractivity contribution in [2.24, 2.45) is 11.8 Å². The first-order valence-electron chi connectivity index (χ1n) is 10.2. The molecule has 5 nitrogen and oxygen atoms in total. The molecule has 0 unspecified atom stereocenters. The molecule has 1 aromatic heterocycles. The van der Waals surface area contributed by atoms with Gasteiger partial charge in [0.15, 0.2) is 9.84 Å². The number of rotatable bonds is 5. The van der Waals surface area contributed by atoms with Crippen molar-refractivity contribution in [3.63, 3.8) is 0 Å². The molecule has 0 spiro atoms. The van der Waals surface area contributed by atoms with E-state index in [1.165, 1.54) is 6.07 Å². The fraction of sp³-hybridized carbons (Fsp3) is 0.565. The highest BCUT2D eigenvalue weighted by Gasteiger charge is 2.34. The molecule has 0 aliphatic heterocycles. The average molecular weight is 419 g/mol. The van der Waals surface area contributed by atoms with Crippen molar-refractivity contribution in [1.82, 2.24) is 0 Å². The topological polar surface area (TPSA) is 81.4 Å². The van der Waals surface area contributed by atoms with Crippen molar-refractivity contribution >= 4 is 26.6 Å². The zero-order valence-electron chi connectivity index (χ0n) is 17.7. The summed E-state index contributed by atoms with van der Waals surface area (Å²) in [6, 6.07) is 7.05. The van der Waals surface area contributed by atoms with Crippen LogP contribution in [0.2, 0.25) is 0 Å². The summed E-state index contributed by atoms with van der Waals surface area (Å²) < 4.78 is 29.4. The number of carbonyl (C=O) groups excluding carboxylic acids is 1. The molecule has 0 saturated heterocycles. The number of Topliss-reactive ketones (excluding diaryl/α,β-unsaturated/α-hetero) is 1. The molecular formula is C23H30O5S. The third kappa shape index (κ3) is 4.97. The molecule has 3 rings (SSSR count). The summed E-state index contributed by atoms with van der Waals surface area (Å²) in [4.78, 5) is 24.4. The van der Waals surface area contributed by atoms with Crippen molar-refractivity contribution < 1.29 is 17.6 Å². The monoisotopic (exact) mass is 418 g/mol. The minimum absolute atomic E-state index is 0.0243. The normalized spacial score (nSPS) is 20.7. The van der Waals surface area contributed by atoms with Gasteiger partial charge in [-0.2, -0.15) is 0 Å². The molecule has 1 aliphatic carbocycles. The van der Waals surface area contributed by atoms with Crippen molar-refractivity contribution in [2.45, 2.75) is 64.5 Å². The molecule has 0 bridgehead atoms. The van der Waals surface area contributed by atoms with Crippen LogP contribution in [-0.4, -0.2) is 24.7 Å². The van der Waals surface area contributed by atoms with Gasteiger partial charge in [-0.1, -0.05) is 12.1 Å². The molecule has 1 heterocycles. The van der Waals surface area contributed by atoms with E-state index in [1.807, 2.05) is 19.1 Å². The van der Waals surface area contributed by atoms with Crippen LogP contribution in [0.5, 0.6) is 0 Å². The summed E-state index contributed by atoms with van der Waals surface area (Å²) in [5.41, 5.74) is 1.82. The van der Waals surface area contributed by atoms with Crippen LogP contribution in [0, 0.1) is 18.8 Å². The number of carbonyl (C=O) groups is 1. The molecular weight excluding hydrogens is 388 g/mol. The Hall–Kier alpha value is -1.95. The summed E-state index contributed by atoms with van der Waals surface area (Å²) in [6.45, 7) is 7.09. The van der Waals surface area contributed by atoms with Gasteiger partial charge in [0.25, 0.3) is 0 Å². The van der Waals surface area contributed by atoms with Gasteiger partial charge >= 0.3 is 5.63 Å². The minimum atomic E-state index is -3.13. The average Bonchev–Trinajstić information content (AvgIpc) is 2.60. The summed E-state index contributed by atoms with van der Waals surface area (Å²) in [7, 11) is -3.13. The van der Waals surface area contributed by atoms with Gasteiger partial charge in [0.05, 0.1) is 10.5 Å². The zero-order chi connectivity index (χ0) is 21.4. The summed E-state index contributed by atoms with van der Waals surface area (Å²) in [5.74, 6) is 0.502. The van der Waals surface area contributed by atoms with Crippen molar-refractivity contribution in [1.29, 1.82) is 0 Å². The van der Waals surface area contributed by atoms with Crippen molar-refractivity contribution in [3.05, 3.63) is 45.8 Å². The molecule has 0 amide bonds. The Morgan fingerprint density at radius 2 is 1.76 bits per heavy atom. The SMILES string of the molecule is Cc1cc(=O)oc2cc(CC(=O)C3CCC(CS(=O)(=O)C(C)(C)C)CC3)ccc12. The fourth-order valence-electron chi connectivity index (χ4n) is 4.04. The first-order valence-corrected chi connectivity index (χ1v) is 11.9. The number of sulfone groups is 1. The van der Waals surface area contributed by atoms with Gasteiger partial charge in [-0.3, -0.25) is 4.79 Å². The third-order valence-corrected chi connectivity index (χ3v) is 8.86. The quantitative estimate of drug-likeness (QED) is 0.679. The number of ketones is 1. The van der Waals surface area contributed by atoms with Gasteiger partial charge in [-0.15, -0.1) is 0 Å². The second-order valence-corrected chi connectivity index (χ2v) is 12.1. The molecule has 0 N–H and O–H groups in total. The van der Waals surface area contributed by atoms with E-state index in [1.54, 1.807) is 26.8 Å². The van der Waals surface area contributed by atoms with Crippen LogP contribution in [0.1, 0.15) is 57.6 Å². The Morgan fingerprint density at radius 3 is 2.38 bits per heavy atom. The first kappa shape index (κ1) is 21.8. The Labute approximate surface area is 172 Å². The maximum atomic E-state index is 12.8. The predicted octanol–water partition coefficient (Wildman–Crippen LogP) is 4.23. The first-order chi connectivity index (χ1) is 13.5. The van der Waals surface area contributed by atoms with Crippen molar-refractivity contribution in [2.75, 3.05) is 5.75 Å². The Kier molecular flexibility index (Phi) is 6.04. The molecule has 6 heteroatoms. The maximum absolute atomic E-state index is 12.8. The molecule has 158 valence electrons. The number of fused-ring (bicyclic) bond motifs is 1. The van der Waals surface area contributed by atoms with E-state index in [4.69, 9.17) is 4.42 Å². The highest BCUT2D eigenvalue weighted by Crippen LogP contribution is 2.33. The lowest BCUT2D eigenvalue weighted by molar-refractivity contribution is -0.123. The lowest BCUT2D eigenvalue weighted by atomic mass is 9.79. The smallest absolute Gasteiger partial charge is 0.336 e. The molecule has 1 aromatic carbocycles. The van der Waals surface area contributed by atoms with Crippen LogP contribution in [-0.2, 0) is 21.1 Å². The zero-order valence-corrected chi connectivity index (χ0v) is 18.5. The van der Waals surface area contributed by atoms with E-state index in [0.29, 0.717) is 12.0 Å². The molecule has 1 fully saturated rings. The van der Waals surface area contributed by atoms with Gasteiger partial charge in [0.1, 0.15) is 11.4 Å². The van der Waals surface area contributed by atoms with E-state index in [9.17, 15) is 18.0 Å². The van der Waals surface area contributed by atoms with Crippen LogP contribution in [0.4, 0.5) is 0 Å². The fourth-order valence-corrected chi connectivity index (χ4v) is 5.49. The molecule has 2 aromatic rings. The molecule has 0 atom stereocenters. The van der Waals surface area contributed by atoms with E-state index >= 15 is 0 Å². The lowest BCUT2D eigenvalue weighted by Gasteiger charge is -2.30. The Morgan fingerprint density at radius 1 is 1.10 bits per heavy atom. The van der Waals surface area contributed by atoms with Crippen LogP contribution in [0.25, 0.3) is 11.0 Å². The number of aryl methyl sites for hydroxylation is 1.